The number of amides is 1. The molecule has 1 fully saturated rings. The molecule has 0 saturated heterocycles. The number of nitrogens with two attached hydrogens (primary N) is 1. The number of aliphatic hydroxyl groups excluding tert-OH is 1. The number of nitrogens with zero attached hydrogens (tertiary/aromatic N) is 1. The topological polar surface area (TPSA) is 104 Å². The number of aliphatic hydroxyl groups is 1. The molecule has 5 N–H and O–H groups in total. The minimum atomic E-state index is -0.496. The Kier molecular flexibility index (Phi) is 3.79. The van der Waals surface area contributed by atoms with Gasteiger partial charge in [0, 0.05) is 36.3 Å². The molecule has 2 heterocycles. The van der Waals surface area contributed by atoms with E-state index < -0.39 is 5.91 Å². The minimum absolute atomic E-state index is 0.155. The van der Waals surface area contributed by atoms with Crippen LogP contribution in [0.3, 0.4) is 0 Å². The second kappa shape index (κ2) is 5.73. The summed E-state index contributed by atoms with van der Waals surface area (Å²) in [5.41, 5.74) is 7.30. The van der Waals surface area contributed by atoms with Gasteiger partial charge in [-0.15, -0.1) is 0 Å². The molecule has 112 valence electrons. The van der Waals surface area contributed by atoms with Crippen LogP contribution in [-0.2, 0) is 0 Å². The van der Waals surface area contributed by atoms with Crippen LogP contribution in [-0.4, -0.2) is 33.6 Å². The van der Waals surface area contributed by atoms with Crippen LogP contribution in [0.15, 0.2) is 18.5 Å². The number of carbonyl (C=O) groups excluding carboxylic acids is 1. The van der Waals surface area contributed by atoms with Crippen LogP contribution in [0.2, 0.25) is 0 Å². The maximum absolute atomic E-state index is 11.7. The molecule has 2 aromatic rings. The lowest BCUT2D eigenvalue weighted by Crippen LogP contribution is -2.35. The molecule has 2 atom stereocenters. The van der Waals surface area contributed by atoms with E-state index in [1.54, 1.807) is 6.20 Å². The first kappa shape index (κ1) is 13.9. The molecule has 1 aliphatic rings. The Morgan fingerprint density at radius 1 is 1.48 bits per heavy atom. The van der Waals surface area contributed by atoms with Crippen molar-refractivity contribution in [3.05, 3.63) is 24.0 Å². The zero-order valence-corrected chi connectivity index (χ0v) is 11.8. The summed E-state index contributed by atoms with van der Waals surface area (Å²) in [6, 6.07) is 2.04. The highest BCUT2D eigenvalue weighted by molar-refractivity contribution is 6.05. The summed E-state index contributed by atoms with van der Waals surface area (Å²) in [4.78, 5) is 18.9. The van der Waals surface area contributed by atoms with E-state index in [-0.39, 0.29) is 18.6 Å². The van der Waals surface area contributed by atoms with Gasteiger partial charge in [0.25, 0.3) is 5.91 Å². The van der Waals surface area contributed by atoms with Gasteiger partial charge in [0.05, 0.1) is 11.3 Å². The highest BCUT2D eigenvalue weighted by atomic mass is 16.3. The summed E-state index contributed by atoms with van der Waals surface area (Å²) in [6.07, 6.45) is 7.54. The van der Waals surface area contributed by atoms with E-state index in [1.165, 1.54) is 6.20 Å². The fourth-order valence-electron chi connectivity index (χ4n) is 3.15. The molecule has 0 aromatic carbocycles. The molecule has 1 amide bonds. The Morgan fingerprint density at radius 2 is 2.29 bits per heavy atom. The first-order valence-electron chi connectivity index (χ1n) is 7.34. The van der Waals surface area contributed by atoms with Crippen LogP contribution >= 0.6 is 0 Å². The van der Waals surface area contributed by atoms with Gasteiger partial charge < -0.3 is 21.1 Å². The molecule has 0 unspecified atom stereocenters. The first-order valence-corrected chi connectivity index (χ1v) is 7.34. The van der Waals surface area contributed by atoms with Gasteiger partial charge in [-0.2, -0.15) is 0 Å². The van der Waals surface area contributed by atoms with Crippen LogP contribution in [0.1, 0.15) is 36.0 Å². The predicted octanol–water partition coefficient (Wildman–Crippen LogP) is 1.62. The lowest BCUT2D eigenvalue weighted by molar-refractivity contribution is 0.100. The van der Waals surface area contributed by atoms with Gasteiger partial charge >= 0.3 is 0 Å². The SMILES string of the molecule is NC(=O)c1cnc2[nH]ccc2c1N[C@H]1CCCC[C@H]1CO. The number of nitrogens with one attached hydrogen (secondary N) is 2. The zero-order valence-electron chi connectivity index (χ0n) is 11.8. The maximum Gasteiger partial charge on any atom is 0.252 e. The molecule has 1 aliphatic carbocycles. The summed E-state index contributed by atoms with van der Waals surface area (Å²) >= 11 is 0. The van der Waals surface area contributed by atoms with Crippen molar-refractivity contribution in [3.8, 4) is 0 Å². The van der Waals surface area contributed by atoms with Crippen molar-refractivity contribution in [1.29, 1.82) is 0 Å². The molecule has 6 nitrogen and oxygen atoms in total. The smallest absolute Gasteiger partial charge is 0.252 e. The van der Waals surface area contributed by atoms with Crippen molar-refractivity contribution in [3.63, 3.8) is 0 Å². The number of pyridine rings is 1. The molecule has 6 heteroatoms. The van der Waals surface area contributed by atoms with Crippen LogP contribution in [0, 0.1) is 5.92 Å². The Bertz CT molecular complexity index is 652. The fraction of sp³-hybridized carbons (Fsp3) is 0.467. The van der Waals surface area contributed by atoms with E-state index in [4.69, 9.17) is 5.73 Å². The molecule has 0 aliphatic heterocycles. The number of hydrogen-bond acceptors (Lipinski definition) is 4. The van der Waals surface area contributed by atoms with E-state index in [0.717, 1.165) is 42.4 Å². The van der Waals surface area contributed by atoms with Gasteiger partial charge in [0.1, 0.15) is 5.65 Å². The first-order chi connectivity index (χ1) is 10.2. The summed E-state index contributed by atoms with van der Waals surface area (Å²) in [5, 5.41) is 13.8. The standard InChI is InChI=1S/C15H20N4O2/c16-14(21)11-7-18-15-10(5-6-17-15)13(11)19-12-4-2-1-3-9(12)8-20/h5-7,9,12,20H,1-4,8H2,(H2,16,21)(H2,17,18,19)/t9-,12-/m0/s1. The van der Waals surface area contributed by atoms with Crippen molar-refractivity contribution in [2.24, 2.45) is 11.7 Å². The average molecular weight is 288 g/mol. The summed E-state index contributed by atoms with van der Waals surface area (Å²) in [5.74, 6) is -0.286. The minimum Gasteiger partial charge on any atom is -0.396 e. The molecule has 0 bridgehead atoms. The third-order valence-electron chi connectivity index (χ3n) is 4.33. The van der Waals surface area contributed by atoms with Crippen molar-refractivity contribution in [1.82, 2.24) is 9.97 Å². The average Bonchev–Trinajstić information content (AvgIpc) is 2.96. The van der Waals surface area contributed by atoms with Crippen LogP contribution in [0.4, 0.5) is 5.69 Å². The summed E-state index contributed by atoms with van der Waals surface area (Å²) < 4.78 is 0. The fourth-order valence-corrected chi connectivity index (χ4v) is 3.15. The number of aromatic amines is 1. The largest absolute Gasteiger partial charge is 0.396 e. The quantitative estimate of drug-likeness (QED) is 0.686. The number of primary amides is 1. The van der Waals surface area contributed by atoms with E-state index >= 15 is 0 Å². The van der Waals surface area contributed by atoms with Gasteiger partial charge in [0.2, 0.25) is 0 Å². The third kappa shape index (κ3) is 2.58. The Balaban J connectivity index is 1.99. The van der Waals surface area contributed by atoms with Crippen molar-refractivity contribution >= 4 is 22.6 Å². The van der Waals surface area contributed by atoms with Crippen molar-refractivity contribution in [2.75, 3.05) is 11.9 Å². The van der Waals surface area contributed by atoms with Crippen molar-refractivity contribution < 1.29 is 9.90 Å². The van der Waals surface area contributed by atoms with E-state index in [2.05, 4.69) is 15.3 Å². The molecular formula is C15H20N4O2. The molecule has 1 saturated carbocycles. The van der Waals surface area contributed by atoms with Gasteiger partial charge in [0.15, 0.2) is 0 Å². The summed E-state index contributed by atoms with van der Waals surface area (Å²) in [6.45, 7) is 0.158. The second-order valence-corrected chi connectivity index (χ2v) is 5.63. The number of hydrogen-bond donors (Lipinski definition) is 4. The van der Waals surface area contributed by atoms with Gasteiger partial charge in [-0.1, -0.05) is 12.8 Å². The Morgan fingerprint density at radius 3 is 3.05 bits per heavy atom. The summed E-state index contributed by atoms with van der Waals surface area (Å²) in [7, 11) is 0. The molecule has 0 radical (unpaired) electrons. The van der Waals surface area contributed by atoms with Gasteiger partial charge in [-0.05, 0) is 18.9 Å². The highest BCUT2D eigenvalue weighted by Gasteiger charge is 2.26. The zero-order chi connectivity index (χ0) is 14.8. The molecule has 2 aromatic heterocycles. The second-order valence-electron chi connectivity index (χ2n) is 5.63. The lowest BCUT2D eigenvalue weighted by atomic mass is 9.84. The molecular weight excluding hydrogens is 268 g/mol. The highest BCUT2D eigenvalue weighted by Crippen LogP contribution is 2.31. The van der Waals surface area contributed by atoms with Crippen molar-refractivity contribution in [2.45, 2.75) is 31.7 Å². The number of anilines is 1. The van der Waals surface area contributed by atoms with Crippen LogP contribution in [0.25, 0.3) is 11.0 Å². The molecule has 21 heavy (non-hydrogen) atoms. The number of fused-ring (bicyclic) bond motifs is 1. The third-order valence-corrected chi connectivity index (χ3v) is 4.33. The lowest BCUT2D eigenvalue weighted by Gasteiger charge is -2.32. The number of H-pyrrole nitrogens is 1. The monoisotopic (exact) mass is 288 g/mol. The normalized spacial score (nSPS) is 22.3. The number of rotatable bonds is 4. The number of carbonyl (C=O) groups is 1. The maximum atomic E-state index is 11.7. The van der Waals surface area contributed by atoms with Crippen LogP contribution < -0.4 is 11.1 Å². The molecule has 0 spiro atoms. The van der Waals surface area contributed by atoms with Crippen LogP contribution in [0.5, 0.6) is 0 Å². The van der Waals surface area contributed by atoms with E-state index in [9.17, 15) is 9.90 Å². The van der Waals surface area contributed by atoms with E-state index in [0.29, 0.717) is 5.56 Å². The van der Waals surface area contributed by atoms with Gasteiger partial charge in [-0.25, -0.2) is 4.98 Å². The Hall–Kier alpha value is -2.08. The van der Waals surface area contributed by atoms with Gasteiger partial charge in [-0.3, -0.25) is 4.79 Å². The number of aromatic nitrogens is 2. The molecule has 3 rings (SSSR count). The van der Waals surface area contributed by atoms with E-state index in [1.807, 2.05) is 6.07 Å². The predicted molar refractivity (Wildman–Crippen MR) is 81.1 cm³/mol. The Labute approximate surface area is 122 Å².